The molecule has 0 radical (unpaired) electrons. The standard InChI is InChI=1S/C64H48N4/c1-5-19-53(20-6-1)65(59-41-33-49(34-42-59)63-45-51-17-13-15-27-61(51)67(63)55-23-9-3-10-24-55)57-37-29-47(30-38-57)48-31-39-58(40-32-48)66(54-21-7-2-8-22-54)60-43-35-50(36-44-60)64-46-52-18-14-16-28-62(52)68(64)56-25-11-4-12-26-56/h1-11,13-25,27-46H,12,26H2. The van der Waals surface area contributed by atoms with Crippen molar-refractivity contribution in [3.63, 3.8) is 0 Å². The largest absolute Gasteiger partial charge is 0.313 e. The zero-order chi connectivity index (χ0) is 45.2. The highest BCUT2D eigenvalue weighted by Crippen LogP contribution is 2.41. The number of rotatable bonds is 11. The molecule has 0 spiro atoms. The van der Waals surface area contributed by atoms with Crippen LogP contribution in [0, 0.1) is 0 Å². The minimum Gasteiger partial charge on any atom is -0.313 e. The number of hydrogen-bond donors (Lipinski definition) is 0. The molecule has 9 aromatic carbocycles. The van der Waals surface area contributed by atoms with Gasteiger partial charge in [-0.1, -0.05) is 152 Å². The van der Waals surface area contributed by atoms with Crippen LogP contribution in [0.25, 0.3) is 66.8 Å². The normalized spacial score (nSPS) is 12.3. The molecule has 0 fully saturated rings. The highest BCUT2D eigenvalue weighted by atomic mass is 15.1. The lowest BCUT2D eigenvalue weighted by atomic mass is 10.0. The zero-order valence-electron chi connectivity index (χ0n) is 37.6. The Balaban J connectivity index is 0.837. The molecule has 1 aliphatic carbocycles. The van der Waals surface area contributed by atoms with Gasteiger partial charge in [0.15, 0.2) is 0 Å². The maximum absolute atomic E-state index is 2.44. The molecular formula is C64H48N4. The Kier molecular flexibility index (Phi) is 10.7. The molecule has 2 aromatic heterocycles. The van der Waals surface area contributed by atoms with Crippen molar-refractivity contribution < 1.29 is 0 Å². The molecule has 4 nitrogen and oxygen atoms in total. The van der Waals surface area contributed by atoms with Crippen LogP contribution < -0.4 is 9.80 Å². The third-order valence-electron chi connectivity index (χ3n) is 13.2. The summed E-state index contributed by atoms with van der Waals surface area (Å²) in [4.78, 5) is 4.67. The van der Waals surface area contributed by atoms with E-state index in [1.807, 2.05) is 0 Å². The summed E-state index contributed by atoms with van der Waals surface area (Å²) >= 11 is 0. The third kappa shape index (κ3) is 7.68. The molecule has 2 heterocycles. The maximum atomic E-state index is 2.44. The first-order valence-electron chi connectivity index (χ1n) is 23.5. The fourth-order valence-electron chi connectivity index (χ4n) is 9.89. The van der Waals surface area contributed by atoms with E-state index in [0.717, 1.165) is 75.0 Å². The summed E-state index contributed by atoms with van der Waals surface area (Å²) in [6.07, 6.45) is 8.77. The summed E-state index contributed by atoms with van der Waals surface area (Å²) in [5.74, 6) is 0. The van der Waals surface area contributed by atoms with Crippen molar-refractivity contribution in [2.45, 2.75) is 12.8 Å². The molecule has 1 aliphatic rings. The SMILES string of the molecule is C1=CCCC(n2c(-c3ccc(N(c4ccccc4)c4ccc(-c5ccc(N(c6ccccc6)c6ccc(-c7cc8ccccc8n7-c7ccccc7)cc6)cc5)cc4)cc3)cc3ccccc32)=C1. The Morgan fingerprint density at radius 1 is 0.324 bits per heavy atom. The van der Waals surface area contributed by atoms with E-state index in [1.54, 1.807) is 0 Å². The number of allylic oxidation sites excluding steroid dienone is 4. The molecule has 0 unspecified atom stereocenters. The Labute approximate surface area is 397 Å². The third-order valence-corrected chi connectivity index (χ3v) is 13.2. The van der Waals surface area contributed by atoms with Gasteiger partial charge >= 0.3 is 0 Å². The summed E-state index contributed by atoms with van der Waals surface area (Å²) in [5, 5.41) is 2.47. The fourth-order valence-corrected chi connectivity index (χ4v) is 9.89. The zero-order valence-corrected chi connectivity index (χ0v) is 37.6. The second kappa shape index (κ2) is 17.8. The number of benzene rings is 9. The Morgan fingerprint density at radius 2 is 0.691 bits per heavy atom. The second-order valence-corrected chi connectivity index (χ2v) is 17.3. The predicted molar refractivity (Wildman–Crippen MR) is 287 cm³/mol. The summed E-state index contributed by atoms with van der Waals surface area (Å²) < 4.78 is 4.80. The number of hydrogen-bond acceptors (Lipinski definition) is 2. The van der Waals surface area contributed by atoms with Gasteiger partial charge < -0.3 is 18.9 Å². The predicted octanol–water partition coefficient (Wildman–Crippen LogP) is 17.7. The van der Waals surface area contributed by atoms with Gasteiger partial charge in [-0.05, 0) is 150 Å². The molecule has 68 heavy (non-hydrogen) atoms. The van der Waals surface area contributed by atoms with Gasteiger partial charge in [0.1, 0.15) is 0 Å². The van der Waals surface area contributed by atoms with Crippen molar-refractivity contribution in [3.8, 4) is 39.3 Å². The van der Waals surface area contributed by atoms with Crippen LogP contribution in [-0.2, 0) is 0 Å². The topological polar surface area (TPSA) is 16.3 Å². The average Bonchev–Trinajstić information content (AvgIpc) is 4.01. The van der Waals surface area contributed by atoms with E-state index in [0.29, 0.717) is 0 Å². The minimum atomic E-state index is 1.02. The van der Waals surface area contributed by atoms with E-state index in [1.165, 1.54) is 38.8 Å². The van der Waals surface area contributed by atoms with Gasteiger partial charge in [0.2, 0.25) is 0 Å². The molecule has 12 rings (SSSR count). The van der Waals surface area contributed by atoms with Gasteiger partial charge in [-0.25, -0.2) is 0 Å². The van der Waals surface area contributed by atoms with Crippen LogP contribution in [-0.4, -0.2) is 9.13 Å². The van der Waals surface area contributed by atoms with Gasteiger partial charge in [0.25, 0.3) is 0 Å². The lowest BCUT2D eigenvalue weighted by Gasteiger charge is -2.26. The van der Waals surface area contributed by atoms with Crippen molar-refractivity contribution in [1.82, 2.24) is 9.13 Å². The fraction of sp³-hybridized carbons (Fsp3) is 0.0312. The molecule has 0 amide bonds. The molecule has 0 atom stereocenters. The van der Waals surface area contributed by atoms with Crippen LogP contribution >= 0.6 is 0 Å². The van der Waals surface area contributed by atoms with Crippen LogP contribution in [0.3, 0.4) is 0 Å². The van der Waals surface area contributed by atoms with E-state index in [-0.39, 0.29) is 0 Å². The van der Waals surface area contributed by atoms with Crippen LogP contribution in [0.2, 0.25) is 0 Å². The summed E-state index contributed by atoms with van der Waals surface area (Å²) in [6, 6.07) is 89.7. The van der Waals surface area contributed by atoms with E-state index in [2.05, 4.69) is 286 Å². The number of aromatic nitrogens is 2. The first-order chi connectivity index (χ1) is 33.7. The number of nitrogens with zero attached hydrogens (tertiary/aromatic N) is 4. The Morgan fingerprint density at radius 3 is 1.13 bits per heavy atom. The van der Waals surface area contributed by atoms with Gasteiger partial charge in [-0.15, -0.1) is 0 Å². The molecular weight excluding hydrogens is 825 g/mol. The molecule has 0 saturated carbocycles. The molecule has 0 N–H and O–H groups in total. The van der Waals surface area contributed by atoms with Crippen LogP contribution in [0.15, 0.2) is 267 Å². The molecule has 324 valence electrons. The quantitative estimate of drug-likeness (QED) is 0.129. The van der Waals surface area contributed by atoms with Crippen molar-refractivity contribution in [2.75, 3.05) is 9.80 Å². The van der Waals surface area contributed by atoms with Crippen LogP contribution in [0.1, 0.15) is 12.8 Å². The second-order valence-electron chi connectivity index (χ2n) is 17.3. The van der Waals surface area contributed by atoms with E-state index >= 15 is 0 Å². The smallest absolute Gasteiger partial charge is 0.0541 e. The molecule has 0 saturated heterocycles. The summed E-state index contributed by atoms with van der Waals surface area (Å²) in [5.41, 5.74) is 18.6. The molecule has 0 aliphatic heterocycles. The highest BCUT2D eigenvalue weighted by molar-refractivity contribution is 5.92. The van der Waals surface area contributed by atoms with E-state index in [4.69, 9.17) is 0 Å². The van der Waals surface area contributed by atoms with Crippen molar-refractivity contribution in [3.05, 3.63) is 267 Å². The maximum Gasteiger partial charge on any atom is 0.0541 e. The molecule has 0 bridgehead atoms. The number of anilines is 6. The van der Waals surface area contributed by atoms with Crippen LogP contribution in [0.5, 0.6) is 0 Å². The van der Waals surface area contributed by atoms with Gasteiger partial charge in [0.05, 0.1) is 22.4 Å². The molecule has 4 heteroatoms. The summed E-state index contributed by atoms with van der Waals surface area (Å²) in [7, 11) is 0. The monoisotopic (exact) mass is 872 g/mol. The van der Waals surface area contributed by atoms with Gasteiger partial charge in [-0.2, -0.15) is 0 Å². The first kappa shape index (κ1) is 40.6. The van der Waals surface area contributed by atoms with Gasteiger partial charge in [0, 0.05) is 56.3 Å². The number of para-hydroxylation sites is 5. The van der Waals surface area contributed by atoms with Crippen molar-refractivity contribution >= 4 is 61.6 Å². The van der Waals surface area contributed by atoms with E-state index < -0.39 is 0 Å². The first-order valence-corrected chi connectivity index (χ1v) is 23.5. The van der Waals surface area contributed by atoms with Crippen molar-refractivity contribution in [1.29, 1.82) is 0 Å². The van der Waals surface area contributed by atoms with Crippen molar-refractivity contribution in [2.24, 2.45) is 0 Å². The molecule has 11 aromatic rings. The number of fused-ring (bicyclic) bond motifs is 2. The van der Waals surface area contributed by atoms with Gasteiger partial charge in [-0.3, -0.25) is 0 Å². The summed E-state index contributed by atoms with van der Waals surface area (Å²) in [6.45, 7) is 0. The highest BCUT2D eigenvalue weighted by Gasteiger charge is 2.19. The van der Waals surface area contributed by atoms with Crippen LogP contribution in [0.4, 0.5) is 34.1 Å². The Hall–Kier alpha value is -8.86. The van der Waals surface area contributed by atoms with E-state index in [9.17, 15) is 0 Å². The lowest BCUT2D eigenvalue weighted by molar-refractivity contribution is 0.967. The minimum absolute atomic E-state index is 1.02. The average molecular weight is 873 g/mol. The Bertz CT molecular complexity index is 3570. The lowest BCUT2D eigenvalue weighted by Crippen LogP contribution is -2.10.